The van der Waals surface area contributed by atoms with Crippen LogP contribution in [0.4, 0.5) is 0 Å². The van der Waals surface area contributed by atoms with Gasteiger partial charge in [-0.2, -0.15) is 4.98 Å². The van der Waals surface area contributed by atoms with Crippen molar-refractivity contribution in [3.63, 3.8) is 0 Å². The predicted molar refractivity (Wildman–Crippen MR) is 131 cm³/mol. The van der Waals surface area contributed by atoms with E-state index < -0.39 is 17.4 Å². The molecule has 0 unspecified atom stereocenters. The Morgan fingerprint density at radius 2 is 1.54 bits per heavy atom. The molecular formula is C27H31N3O5. The summed E-state index contributed by atoms with van der Waals surface area (Å²) in [6, 6.07) is 16.1. The molecule has 8 heteroatoms. The molecule has 0 radical (unpaired) electrons. The fourth-order valence-electron chi connectivity index (χ4n) is 4.58. The Bertz CT molecular complexity index is 1140. The first-order valence-electron chi connectivity index (χ1n) is 12.0. The molecule has 8 nitrogen and oxygen atoms in total. The van der Waals surface area contributed by atoms with Crippen molar-refractivity contribution in [3.05, 3.63) is 59.7 Å². The second-order valence-electron chi connectivity index (χ2n) is 9.76. The lowest BCUT2D eigenvalue weighted by molar-refractivity contribution is -0.167. The minimum Gasteiger partial charge on any atom is -0.480 e. The molecule has 3 aromatic rings. The maximum absolute atomic E-state index is 11.5. The summed E-state index contributed by atoms with van der Waals surface area (Å²) in [4.78, 5) is 27.5. The standard InChI is InChI=1S/C27H31N3O5/c1-17(2)15-18-3-9-21(10-4-18)24-29-23(30-35-24)20-7-5-19(6-8-20)16-28-22-11-13-27(14-12-22,25(31)32)26(33)34/h3-10,17,22,28H,11-16H2,1-2H3,(H,31,32)(H,33,34). The highest BCUT2D eigenvalue weighted by Gasteiger charge is 2.48. The van der Waals surface area contributed by atoms with E-state index >= 15 is 0 Å². The van der Waals surface area contributed by atoms with Crippen molar-refractivity contribution in [2.24, 2.45) is 11.3 Å². The van der Waals surface area contributed by atoms with Crippen LogP contribution >= 0.6 is 0 Å². The van der Waals surface area contributed by atoms with Crippen LogP contribution in [0.3, 0.4) is 0 Å². The normalized spacial score (nSPS) is 15.9. The summed E-state index contributed by atoms with van der Waals surface area (Å²) >= 11 is 0. The first-order valence-corrected chi connectivity index (χ1v) is 12.0. The number of aromatic nitrogens is 2. The molecular weight excluding hydrogens is 446 g/mol. The molecule has 35 heavy (non-hydrogen) atoms. The molecule has 1 heterocycles. The van der Waals surface area contributed by atoms with Crippen molar-refractivity contribution in [1.82, 2.24) is 15.5 Å². The van der Waals surface area contributed by atoms with Crippen LogP contribution < -0.4 is 5.32 Å². The zero-order valence-corrected chi connectivity index (χ0v) is 20.0. The maximum atomic E-state index is 11.5. The third-order valence-corrected chi connectivity index (χ3v) is 6.74. The average molecular weight is 478 g/mol. The zero-order chi connectivity index (χ0) is 25.0. The summed E-state index contributed by atoms with van der Waals surface area (Å²) in [7, 11) is 0. The molecule has 1 saturated carbocycles. The number of nitrogens with one attached hydrogen (secondary N) is 1. The number of carboxylic acid groups (broad SMARTS) is 2. The number of aliphatic carboxylic acids is 2. The number of hydrogen-bond acceptors (Lipinski definition) is 6. The smallest absolute Gasteiger partial charge is 0.321 e. The lowest BCUT2D eigenvalue weighted by Crippen LogP contribution is -2.46. The lowest BCUT2D eigenvalue weighted by atomic mass is 9.72. The van der Waals surface area contributed by atoms with Crippen LogP contribution in [-0.2, 0) is 22.6 Å². The fraction of sp³-hybridized carbons (Fsp3) is 0.407. The van der Waals surface area contributed by atoms with Crippen molar-refractivity contribution in [2.45, 2.75) is 58.5 Å². The van der Waals surface area contributed by atoms with E-state index in [-0.39, 0.29) is 18.9 Å². The molecule has 0 aliphatic heterocycles. The fourth-order valence-corrected chi connectivity index (χ4v) is 4.58. The second-order valence-corrected chi connectivity index (χ2v) is 9.76. The molecule has 1 aliphatic carbocycles. The highest BCUT2D eigenvalue weighted by Crippen LogP contribution is 2.37. The van der Waals surface area contributed by atoms with E-state index in [0.717, 1.165) is 23.1 Å². The molecule has 0 bridgehead atoms. The van der Waals surface area contributed by atoms with Crippen LogP contribution in [0, 0.1) is 11.3 Å². The summed E-state index contributed by atoms with van der Waals surface area (Å²) in [5, 5.41) is 26.3. The topological polar surface area (TPSA) is 126 Å². The van der Waals surface area contributed by atoms with E-state index in [1.54, 1.807) is 0 Å². The number of benzene rings is 2. The van der Waals surface area contributed by atoms with Crippen LogP contribution in [0.5, 0.6) is 0 Å². The van der Waals surface area contributed by atoms with Gasteiger partial charge in [0.05, 0.1) is 0 Å². The van der Waals surface area contributed by atoms with Crippen LogP contribution in [0.15, 0.2) is 53.1 Å². The van der Waals surface area contributed by atoms with Gasteiger partial charge < -0.3 is 20.1 Å². The van der Waals surface area contributed by atoms with Gasteiger partial charge in [-0.3, -0.25) is 9.59 Å². The predicted octanol–water partition coefficient (Wildman–Crippen LogP) is 4.79. The van der Waals surface area contributed by atoms with E-state index in [9.17, 15) is 19.8 Å². The molecule has 184 valence electrons. The van der Waals surface area contributed by atoms with Gasteiger partial charge >= 0.3 is 11.9 Å². The maximum Gasteiger partial charge on any atom is 0.321 e. The third-order valence-electron chi connectivity index (χ3n) is 6.74. The van der Waals surface area contributed by atoms with Crippen LogP contribution in [-0.4, -0.2) is 38.3 Å². The quantitative estimate of drug-likeness (QED) is 0.376. The second kappa shape index (κ2) is 10.4. The number of hydrogen-bond donors (Lipinski definition) is 3. The van der Waals surface area contributed by atoms with Crippen LogP contribution in [0.2, 0.25) is 0 Å². The Kier molecular flexibility index (Phi) is 7.31. The Morgan fingerprint density at radius 1 is 0.971 bits per heavy atom. The van der Waals surface area contributed by atoms with Crippen molar-refractivity contribution in [3.8, 4) is 22.8 Å². The average Bonchev–Trinajstić information content (AvgIpc) is 3.33. The molecule has 0 saturated heterocycles. The van der Waals surface area contributed by atoms with Gasteiger partial charge in [0.2, 0.25) is 5.82 Å². The molecule has 1 aliphatic rings. The largest absolute Gasteiger partial charge is 0.480 e. The van der Waals surface area contributed by atoms with E-state index in [2.05, 4.69) is 41.4 Å². The van der Waals surface area contributed by atoms with Gasteiger partial charge in [-0.15, -0.1) is 0 Å². The Balaban J connectivity index is 1.32. The van der Waals surface area contributed by atoms with Crippen molar-refractivity contribution in [2.75, 3.05) is 0 Å². The minimum atomic E-state index is -1.65. The SMILES string of the molecule is CC(C)Cc1ccc(-c2nc(-c3ccc(CNC4CCC(C(=O)O)(C(=O)O)CC4)cc3)no2)cc1. The number of nitrogens with zero attached hydrogens (tertiary/aromatic N) is 2. The highest BCUT2D eigenvalue weighted by atomic mass is 16.5. The molecule has 3 N–H and O–H groups in total. The zero-order valence-electron chi connectivity index (χ0n) is 20.0. The summed E-state index contributed by atoms with van der Waals surface area (Å²) in [5.41, 5.74) is 2.43. The van der Waals surface area contributed by atoms with Crippen molar-refractivity contribution < 1.29 is 24.3 Å². The number of carbonyl (C=O) groups is 2. The third kappa shape index (κ3) is 5.59. The molecule has 0 spiro atoms. The molecule has 1 aromatic heterocycles. The van der Waals surface area contributed by atoms with Crippen LogP contribution in [0.1, 0.15) is 50.7 Å². The van der Waals surface area contributed by atoms with Crippen molar-refractivity contribution in [1.29, 1.82) is 0 Å². The number of carboxylic acids is 2. The summed E-state index contributed by atoms with van der Waals surface area (Å²) < 4.78 is 5.48. The molecule has 4 rings (SSSR count). The summed E-state index contributed by atoms with van der Waals surface area (Å²) in [5.74, 6) is -0.877. The summed E-state index contributed by atoms with van der Waals surface area (Å²) in [6.07, 6.45) is 2.33. The van der Waals surface area contributed by atoms with Crippen LogP contribution in [0.25, 0.3) is 22.8 Å². The molecule has 0 amide bonds. The van der Waals surface area contributed by atoms with Gasteiger partial charge in [-0.1, -0.05) is 55.4 Å². The monoisotopic (exact) mass is 477 g/mol. The van der Waals surface area contributed by atoms with Gasteiger partial charge in [0.15, 0.2) is 5.41 Å². The summed E-state index contributed by atoms with van der Waals surface area (Å²) in [6.45, 7) is 5.00. The van der Waals surface area contributed by atoms with E-state index in [1.165, 1.54) is 5.56 Å². The highest BCUT2D eigenvalue weighted by molar-refractivity contribution is 5.98. The van der Waals surface area contributed by atoms with Gasteiger partial charge in [0, 0.05) is 23.7 Å². The van der Waals surface area contributed by atoms with Crippen molar-refractivity contribution >= 4 is 11.9 Å². The first-order chi connectivity index (χ1) is 16.8. The van der Waals surface area contributed by atoms with Gasteiger partial charge in [-0.25, -0.2) is 0 Å². The Hall–Kier alpha value is -3.52. The van der Waals surface area contributed by atoms with E-state index in [4.69, 9.17) is 4.52 Å². The Labute approximate surface area is 204 Å². The molecule has 1 fully saturated rings. The Morgan fingerprint density at radius 3 is 2.11 bits per heavy atom. The number of rotatable bonds is 9. The van der Waals surface area contributed by atoms with Gasteiger partial charge in [0.25, 0.3) is 5.89 Å². The van der Waals surface area contributed by atoms with Gasteiger partial charge in [-0.05, 0) is 61.3 Å². The van der Waals surface area contributed by atoms with E-state index in [1.807, 2.05) is 36.4 Å². The first kappa shape index (κ1) is 24.6. The minimum absolute atomic E-state index is 0.0909. The molecule has 0 atom stereocenters. The molecule has 2 aromatic carbocycles. The van der Waals surface area contributed by atoms with E-state index in [0.29, 0.717) is 37.0 Å². The lowest BCUT2D eigenvalue weighted by Gasteiger charge is -2.33. The van der Waals surface area contributed by atoms with Gasteiger partial charge in [0.1, 0.15) is 0 Å².